The van der Waals surface area contributed by atoms with Crippen molar-refractivity contribution in [2.45, 2.75) is 66.6 Å². The Bertz CT molecular complexity index is 4060. The molecule has 13 aromatic carbocycles. The van der Waals surface area contributed by atoms with Crippen LogP contribution in [0.15, 0.2) is 218 Å². The maximum atomic E-state index is 6.35. The molecule has 0 saturated carbocycles. The van der Waals surface area contributed by atoms with Crippen LogP contribution < -0.4 is 19.3 Å². The van der Waals surface area contributed by atoms with Gasteiger partial charge in [-0.2, -0.15) is 0 Å². The fourth-order valence-electron chi connectivity index (χ4n) is 11.9. The smallest absolute Gasteiger partial charge is 0.120 e. The van der Waals surface area contributed by atoms with Gasteiger partial charge in [0, 0.05) is 33.5 Å². The van der Waals surface area contributed by atoms with Gasteiger partial charge in [-0.05, 0) is 216 Å². The van der Waals surface area contributed by atoms with Gasteiger partial charge in [-0.1, -0.05) is 145 Å². The van der Waals surface area contributed by atoms with Crippen LogP contribution in [0.25, 0.3) is 86.9 Å². The highest BCUT2D eigenvalue weighted by molar-refractivity contribution is 6.47. The zero-order valence-electron chi connectivity index (χ0n) is 44.5. The third kappa shape index (κ3) is 7.99. The molecule has 0 atom stereocenters. The Hall–Kier alpha value is -8.86. The largest absolute Gasteiger partial charge is 0.488 e. The Balaban J connectivity index is 1.13. The van der Waals surface area contributed by atoms with Crippen molar-refractivity contribution >= 4 is 98.8 Å². The molecule has 0 bridgehead atoms. The van der Waals surface area contributed by atoms with Gasteiger partial charge in [0.15, 0.2) is 0 Å². The predicted molar refractivity (Wildman–Crippen MR) is 324 cm³/mol. The summed E-state index contributed by atoms with van der Waals surface area (Å²) in [6.45, 7) is 16.8. The minimum Gasteiger partial charge on any atom is -0.488 e. The summed E-state index contributed by atoms with van der Waals surface area (Å²) in [5, 5.41) is 15.0. The fourth-order valence-corrected chi connectivity index (χ4v) is 11.9. The zero-order valence-corrected chi connectivity index (χ0v) is 44.5. The van der Waals surface area contributed by atoms with E-state index in [1.165, 1.54) is 98.0 Å². The summed E-state index contributed by atoms with van der Waals surface area (Å²) in [6, 6.07) is 80.6. The first-order chi connectivity index (χ1) is 36.8. The van der Waals surface area contributed by atoms with Crippen LogP contribution in [0.2, 0.25) is 0 Å². The standard InChI is InChI=1S/C72H60N2O2/c1-45-25-29-49(30-26-45)73(50-31-27-46(2)28-32-50)61-43-41-59-65-55(61)21-15-23-57(65)67-63(47-17-11-9-12-18-47)70-60-42-44-62(56-22-16-24-58(66(56)60)68(70)64(69(59)67)48-19-13-10-14-20-48)74(51-33-37-53(38-34-51)75-71(3,4)5)52-35-39-54(40-36-52)76-72(6,7)8/h9-44H,1-8H3. The van der Waals surface area contributed by atoms with Crippen molar-refractivity contribution in [3.8, 4) is 33.8 Å². The highest BCUT2D eigenvalue weighted by atomic mass is 16.5. The molecule has 13 rings (SSSR count). The fraction of sp³-hybridized carbons (Fsp3) is 0.139. The second kappa shape index (κ2) is 17.9. The first-order valence-corrected chi connectivity index (χ1v) is 26.6. The van der Waals surface area contributed by atoms with Crippen LogP contribution >= 0.6 is 0 Å². The van der Waals surface area contributed by atoms with Crippen LogP contribution in [-0.4, -0.2) is 11.2 Å². The average Bonchev–Trinajstić information content (AvgIpc) is 3.97. The van der Waals surface area contributed by atoms with Crippen LogP contribution in [0.4, 0.5) is 34.1 Å². The molecule has 0 aliphatic rings. The highest BCUT2D eigenvalue weighted by Crippen LogP contribution is 2.58. The molecule has 0 aliphatic carbocycles. The number of hydrogen-bond donors (Lipinski definition) is 0. The molecule has 76 heavy (non-hydrogen) atoms. The normalized spacial score (nSPS) is 12.2. The van der Waals surface area contributed by atoms with Gasteiger partial charge in [0.05, 0.1) is 11.4 Å². The van der Waals surface area contributed by atoms with Gasteiger partial charge in [0.1, 0.15) is 22.7 Å². The third-order valence-electron chi connectivity index (χ3n) is 14.8. The van der Waals surface area contributed by atoms with Crippen LogP contribution in [0, 0.1) is 13.8 Å². The van der Waals surface area contributed by atoms with E-state index in [0.717, 1.165) is 45.6 Å². The molecule has 0 fully saturated rings. The number of ether oxygens (including phenoxy) is 2. The quantitative estimate of drug-likeness (QED) is 0.136. The highest BCUT2D eigenvalue weighted by Gasteiger charge is 2.30. The van der Waals surface area contributed by atoms with E-state index in [2.05, 4.69) is 284 Å². The molecule has 0 radical (unpaired) electrons. The van der Waals surface area contributed by atoms with Gasteiger partial charge in [-0.3, -0.25) is 0 Å². The Morgan fingerprint density at radius 2 is 0.579 bits per heavy atom. The number of anilines is 6. The van der Waals surface area contributed by atoms with Crippen molar-refractivity contribution in [1.29, 1.82) is 0 Å². The van der Waals surface area contributed by atoms with Crippen LogP contribution in [0.3, 0.4) is 0 Å². The molecule has 4 nitrogen and oxygen atoms in total. The maximum absolute atomic E-state index is 6.35. The topological polar surface area (TPSA) is 24.9 Å². The summed E-state index contributed by atoms with van der Waals surface area (Å²) in [5.41, 5.74) is 13.3. The number of rotatable bonds is 10. The average molecular weight is 985 g/mol. The number of nitrogens with zero attached hydrogens (tertiary/aromatic N) is 2. The van der Waals surface area contributed by atoms with E-state index in [-0.39, 0.29) is 11.2 Å². The number of aryl methyl sites for hydroxylation is 2. The lowest BCUT2D eigenvalue weighted by Gasteiger charge is -2.28. The van der Waals surface area contributed by atoms with E-state index in [1.54, 1.807) is 0 Å². The molecule has 0 N–H and O–H groups in total. The van der Waals surface area contributed by atoms with Crippen LogP contribution in [-0.2, 0) is 0 Å². The van der Waals surface area contributed by atoms with E-state index in [9.17, 15) is 0 Å². The van der Waals surface area contributed by atoms with Crippen molar-refractivity contribution in [3.63, 3.8) is 0 Å². The lowest BCUT2D eigenvalue weighted by molar-refractivity contribution is 0.130. The second-order valence-electron chi connectivity index (χ2n) is 22.5. The Morgan fingerprint density at radius 3 is 0.908 bits per heavy atom. The van der Waals surface area contributed by atoms with E-state index in [1.807, 2.05) is 0 Å². The van der Waals surface area contributed by atoms with Gasteiger partial charge >= 0.3 is 0 Å². The van der Waals surface area contributed by atoms with E-state index in [4.69, 9.17) is 9.47 Å². The van der Waals surface area contributed by atoms with Gasteiger partial charge in [-0.15, -0.1) is 0 Å². The van der Waals surface area contributed by atoms with Crippen LogP contribution in [0.5, 0.6) is 11.5 Å². The summed E-state index contributed by atoms with van der Waals surface area (Å²) < 4.78 is 12.7. The summed E-state index contributed by atoms with van der Waals surface area (Å²) in [7, 11) is 0. The van der Waals surface area contributed by atoms with Gasteiger partial charge in [0.2, 0.25) is 0 Å². The van der Waals surface area contributed by atoms with Crippen molar-refractivity contribution in [2.75, 3.05) is 9.80 Å². The van der Waals surface area contributed by atoms with Crippen LogP contribution in [0.1, 0.15) is 52.7 Å². The number of fused-ring (bicyclic) bond motifs is 6. The molecule has 0 spiro atoms. The van der Waals surface area contributed by atoms with Crippen molar-refractivity contribution in [2.24, 2.45) is 0 Å². The number of benzene rings is 11. The summed E-state index contributed by atoms with van der Waals surface area (Å²) in [4.78, 5) is 4.82. The first kappa shape index (κ1) is 46.9. The van der Waals surface area contributed by atoms with Gasteiger partial charge < -0.3 is 19.3 Å². The first-order valence-electron chi connectivity index (χ1n) is 26.6. The minimum atomic E-state index is -0.323. The van der Waals surface area contributed by atoms with E-state index < -0.39 is 0 Å². The zero-order chi connectivity index (χ0) is 52.0. The summed E-state index contributed by atoms with van der Waals surface area (Å²) in [5.74, 6) is 1.67. The Labute approximate surface area is 445 Å². The summed E-state index contributed by atoms with van der Waals surface area (Å²) in [6.07, 6.45) is 0. The van der Waals surface area contributed by atoms with Crippen molar-refractivity contribution < 1.29 is 9.47 Å². The molecular formula is C72H60N2O2. The van der Waals surface area contributed by atoms with Crippen molar-refractivity contribution in [1.82, 2.24) is 0 Å². The summed E-state index contributed by atoms with van der Waals surface area (Å²) >= 11 is 0. The molecule has 0 aliphatic heterocycles. The Kier molecular flexibility index (Phi) is 11.1. The third-order valence-corrected chi connectivity index (χ3v) is 14.8. The molecule has 0 unspecified atom stereocenters. The lowest BCUT2D eigenvalue weighted by Crippen LogP contribution is -2.23. The molecule has 370 valence electrons. The predicted octanol–water partition coefficient (Wildman–Crippen LogP) is 20.7. The SMILES string of the molecule is Cc1ccc(N(c2ccc(C)cc2)c2ccc3c4c(-c5ccccc5)c5c6cccc7c(N(c8ccc(OC(C)(C)C)cc8)c8ccc(OC(C)(C)C)cc8)ccc(c5c(-c5ccccc5)c4c4cccc2c43)c76)cc1. The molecule has 4 heteroatoms. The monoisotopic (exact) mass is 984 g/mol. The molecule has 0 heterocycles. The van der Waals surface area contributed by atoms with E-state index in [0.29, 0.717) is 0 Å². The van der Waals surface area contributed by atoms with Crippen molar-refractivity contribution in [3.05, 3.63) is 230 Å². The maximum Gasteiger partial charge on any atom is 0.120 e. The lowest BCUT2D eigenvalue weighted by atomic mass is 9.87. The number of hydrogen-bond acceptors (Lipinski definition) is 4. The van der Waals surface area contributed by atoms with Gasteiger partial charge in [0.25, 0.3) is 0 Å². The second-order valence-corrected chi connectivity index (χ2v) is 22.5. The molecule has 13 aromatic rings. The molecule has 0 amide bonds. The van der Waals surface area contributed by atoms with Gasteiger partial charge in [-0.25, -0.2) is 0 Å². The molecule has 0 saturated heterocycles. The minimum absolute atomic E-state index is 0.323. The van der Waals surface area contributed by atoms with E-state index >= 15 is 0 Å². The Morgan fingerprint density at radius 1 is 0.276 bits per heavy atom. The molecular weight excluding hydrogens is 925 g/mol. The molecule has 0 aromatic heterocycles.